The Morgan fingerprint density at radius 1 is 1.12 bits per heavy atom. The summed E-state index contributed by atoms with van der Waals surface area (Å²) < 4.78 is 10.0. The van der Waals surface area contributed by atoms with Crippen LogP contribution in [0.2, 0.25) is 0 Å². The minimum absolute atomic E-state index is 0.259. The number of hydrogen-bond donors (Lipinski definition) is 0. The van der Waals surface area contributed by atoms with Crippen LogP contribution in [-0.4, -0.2) is 19.7 Å². The van der Waals surface area contributed by atoms with Crippen molar-refractivity contribution in [2.24, 2.45) is 0 Å². The molecule has 3 nitrogen and oxygen atoms in total. The van der Waals surface area contributed by atoms with E-state index in [4.69, 9.17) is 4.74 Å². The lowest BCUT2D eigenvalue weighted by Gasteiger charge is -2.06. The number of benzene rings is 2. The van der Waals surface area contributed by atoms with Crippen molar-refractivity contribution in [1.82, 2.24) is 0 Å². The Hall–Kier alpha value is -2.03. The summed E-state index contributed by atoms with van der Waals surface area (Å²) in [6.07, 6.45) is 0.267. The van der Waals surface area contributed by atoms with Gasteiger partial charge in [-0.3, -0.25) is 4.79 Å². The molecule has 0 N–H and O–H groups in total. The Labute approximate surface area is 100.0 Å². The Balaban J connectivity index is 2.02. The molecular weight excluding hydrogens is 216 g/mol. The van der Waals surface area contributed by atoms with E-state index in [9.17, 15) is 4.79 Å². The van der Waals surface area contributed by atoms with Gasteiger partial charge in [0, 0.05) is 0 Å². The van der Waals surface area contributed by atoms with E-state index in [1.807, 2.05) is 42.5 Å². The van der Waals surface area contributed by atoms with Crippen LogP contribution in [0.25, 0.3) is 10.8 Å². The summed E-state index contributed by atoms with van der Waals surface area (Å²) >= 11 is 0. The first-order valence-corrected chi connectivity index (χ1v) is 5.48. The van der Waals surface area contributed by atoms with E-state index in [-0.39, 0.29) is 12.4 Å². The lowest BCUT2D eigenvalue weighted by atomic mass is 10.1. The SMILES string of the molecule is COC(=O)CCOc1ccc2ccccc2c1. The van der Waals surface area contributed by atoms with Crippen LogP contribution in [0.1, 0.15) is 6.42 Å². The van der Waals surface area contributed by atoms with Crippen molar-refractivity contribution in [1.29, 1.82) is 0 Å². The van der Waals surface area contributed by atoms with E-state index in [1.165, 1.54) is 12.5 Å². The maximum Gasteiger partial charge on any atom is 0.308 e. The van der Waals surface area contributed by atoms with Crippen LogP contribution < -0.4 is 4.74 Å². The maximum atomic E-state index is 10.9. The predicted molar refractivity (Wildman–Crippen MR) is 66.1 cm³/mol. The van der Waals surface area contributed by atoms with Crippen LogP contribution in [0.15, 0.2) is 42.5 Å². The summed E-state index contributed by atoms with van der Waals surface area (Å²) in [5, 5.41) is 2.30. The van der Waals surface area contributed by atoms with Gasteiger partial charge < -0.3 is 9.47 Å². The van der Waals surface area contributed by atoms with Crippen molar-refractivity contribution < 1.29 is 14.3 Å². The second-order valence-electron chi connectivity index (χ2n) is 3.68. The summed E-state index contributed by atoms with van der Waals surface area (Å²) in [5.74, 6) is 0.512. The molecule has 0 aliphatic rings. The minimum Gasteiger partial charge on any atom is -0.493 e. The van der Waals surface area contributed by atoms with Crippen LogP contribution in [0.3, 0.4) is 0 Å². The standard InChI is InChI=1S/C14H14O3/c1-16-14(15)8-9-17-13-7-6-11-4-2-3-5-12(11)10-13/h2-7,10H,8-9H2,1H3. The average Bonchev–Trinajstić information content (AvgIpc) is 2.38. The van der Waals surface area contributed by atoms with E-state index in [0.717, 1.165) is 11.1 Å². The summed E-state index contributed by atoms with van der Waals surface area (Å²) in [6, 6.07) is 13.9. The molecule has 0 aliphatic heterocycles. The zero-order valence-corrected chi connectivity index (χ0v) is 9.68. The summed E-state index contributed by atoms with van der Waals surface area (Å²) in [7, 11) is 1.37. The van der Waals surface area contributed by atoms with Crippen LogP contribution in [0, 0.1) is 0 Å². The number of hydrogen-bond acceptors (Lipinski definition) is 3. The monoisotopic (exact) mass is 230 g/mol. The molecule has 0 aliphatic carbocycles. The Morgan fingerprint density at radius 2 is 1.88 bits per heavy atom. The molecule has 0 radical (unpaired) electrons. The van der Waals surface area contributed by atoms with E-state index in [2.05, 4.69) is 4.74 Å². The van der Waals surface area contributed by atoms with Gasteiger partial charge >= 0.3 is 5.97 Å². The smallest absolute Gasteiger partial charge is 0.308 e. The molecule has 2 aromatic rings. The second-order valence-corrected chi connectivity index (χ2v) is 3.68. The maximum absolute atomic E-state index is 10.9. The quantitative estimate of drug-likeness (QED) is 0.758. The van der Waals surface area contributed by atoms with Crippen molar-refractivity contribution in [2.75, 3.05) is 13.7 Å². The lowest BCUT2D eigenvalue weighted by molar-refractivity contribution is -0.141. The van der Waals surface area contributed by atoms with E-state index >= 15 is 0 Å². The highest BCUT2D eigenvalue weighted by Crippen LogP contribution is 2.20. The number of carbonyl (C=O) groups excluding carboxylic acids is 1. The molecule has 0 bridgehead atoms. The van der Waals surface area contributed by atoms with Crippen molar-refractivity contribution in [2.45, 2.75) is 6.42 Å². The predicted octanol–water partition coefficient (Wildman–Crippen LogP) is 2.78. The Kier molecular flexibility index (Phi) is 3.60. The van der Waals surface area contributed by atoms with Crippen molar-refractivity contribution in [3.8, 4) is 5.75 Å². The van der Waals surface area contributed by atoms with Crippen LogP contribution in [0.4, 0.5) is 0 Å². The van der Waals surface area contributed by atoms with Gasteiger partial charge in [-0.1, -0.05) is 30.3 Å². The van der Waals surface area contributed by atoms with Gasteiger partial charge in [-0.05, 0) is 22.9 Å². The Morgan fingerprint density at radius 3 is 2.65 bits per heavy atom. The average molecular weight is 230 g/mol. The molecule has 0 spiro atoms. The van der Waals surface area contributed by atoms with E-state index in [1.54, 1.807) is 0 Å². The first-order chi connectivity index (χ1) is 8.29. The fraction of sp³-hybridized carbons (Fsp3) is 0.214. The number of rotatable bonds is 4. The largest absolute Gasteiger partial charge is 0.493 e. The summed E-state index contributed by atoms with van der Waals surface area (Å²) in [6.45, 7) is 0.338. The van der Waals surface area contributed by atoms with Crippen LogP contribution >= 0.6 is 0 Å². The van der Waals surface area contributed by atoms with Gasteiger partial charge in [0.15, 0.2) is 0 Å². The normalized spacial score (nSPS) is 10.2. The zero-order chi connectivity index (χ0) is 12.1. The minimum atomic E-state index is -0.259. The van der Waals surface area contributed by atoms with Gasteiger partial charge in [-0.15, -0.1) is 0 Å². The number of ether oxygens (including phenoxy) is 2. The summed E-state index contributed by atoms with van der Waals surface area (Å²) in [5.41, 5.74) is 0. The zero-order valence-electron chi connectivity index (χ0n) is 9.68. The van der Waals surface area contributed by atoms with Crippen LogP contribution in [-0.2, 0) is 9.53 Å². The number of esters is 1. The molecule has 0 heterocycles. The molecule has 0 unspecified atom stereocenters. The fourth-order valence-corrected chi connectivity index (χ4v) is 1.61. The molecule has 0 amide bonds. The molecule has 0 fully saturated rings. The van der Waals surface area contributed by atoms with E-state index < -0.39 is 0 Å². The molecule has 3 heteroatoms. The van der Waals surface area contributed by atoms with E-state index in [0.29, 0.717) is 6.61 Å². The van der Waals surface area contributed by atoms with Gasteiger partial charge in [0.2, 0.25) is 0 Å². The fourth-order valence-electron chi connectivity index (χ4n) is 1.61. The first-order valence-electron chi connectivity index (χ1n) is 5.48. The lowest BCUT2D eigenvalue weighted by Crippen LogP contribution is -2.07. The third-order valence-corrected chi connectivity index (χ3v) is 2.52. The highest BCUT2D eigenvalue weighted by atomic mass is 16.5. The molecule has 0 saturated heterocycles. The molecule has 2 rings (SSSR count). The molecule has 0 saturated carbocycles. The van der Waals surface area contributed by atoms with Gasteiger partial charge in [0.25, 0.3) is 0 Å². The first kappa shape index (κ1) is 11.5. The van der Waals surface area contributed by atoms with Crippen molar-refractivity contribution >= 4 is 16.7 Å². The second kappa shape index (κ2) is 5.34. The summed E-state index contributed by atoms with van der Waals surface area (Å²) in [4.78, 5) is 10.9. The third kappa shape index (κ3) is 2.97. The van der Waals surface area contributed by atoms with Gasteiger partial charge in [0.05, 0.1) is 20.1 Å². The molecule has 0 aromatic heterocycles. The van der Waals surface area contributed by atoms with Crippen LogP contribution in [0.5, 0.6) is 5.75 Å². The molecular formula is C14H14O3. The molecule has 17 heavy (non-hydrogen) atoms. The number of methoxy groups -OCH3 is 1. The van der Waals surface area contributed by atoms with Crippen molar-refractivity contribution in [3.63, 3.8) is 0 Å². The van der Waals surface area contributed by atoms with Crippen molar-refractivity contribution in [3.05, 3.63) is 42.5 Å². The molecule has 2 aromatic carbocycles. The number of fused-ring (bicyclic) bond motifs is 1. The van der Waals surface area contributed by atoms with Gasteiger partial charge in [-0.25, -0.2) is 0 Å². The van der Waals surface area contributed by atoms with Gasteiger partial charge in [-0.2, -0.15) is 0 Å². The highest BCUT2D eigenvalue weighted by molar-refractivity contribution is 5.83. The molecule has 88 valence electrons. The highest BCUT2D eigenvalue weighted by Gasteiger charge is 2.01. The van der Waals surface area contributed by atoms with Gasteiger partial charge in [0.1, 0.15) is 5.75 Å². The topological polar surface area (TPSA) is 35.5 Å². The number of carbonyl (C=O) groups is 1. The third-order valence-electron chi connectivity index (χ3n) is 2.52. The Bertz CT molecular complexity index is 520. The molecule has 0 atom stereocenters.